The summed E-state index contributed by atoms with van der Waals surface area (Å²) in [5.41, 5.74) is 2.07. The molecule has 2 aliphatic heterocycles. The molecule has 1 unspecified atom stereocenters. The molecule has 0 spiro atoms. The van der Waals surface area contributed by atoms with Crippen molar-refractivity contribution in [2.75, 3.05) is 0 Å². The average Bonchev–Trinajstić information content (AvgIpc) is 3.21. The van der Waals surface area contributed by atoms with Crippen molar-refractivity contribution in [1.29, 1.82) is 0 Å². The first-order chi connectivity index (χ1) is 14.5. The van der Waals surface area contributed by atoms with Gasteiger partial charge in [0.15, 0.2) is 0 Å². The summed E-state index contributed by atoms with van der Waals surface area (Å²) in [6.45, 7) is 2.56. The number of piperidine rings is 1. The first-order valence-corrected chi connectivity index (χ1v) is 11.6. The maximum absolute atomic E-state index is 11.4. The number of fused-ring (bicyclic) bond motifs is 3. The molecule has 156 valence electrons. The predicted molar refractivity (Wildman–Crippen MR) is 120 cm³/mol. The van der Waals surface area contributed by atoms with Gasteiger partial charge < -0.3 is 10.1 Å². The van der Waals surface area contributed by atoms with Gasteiger partial charge in [-0.3, -0.25) is 9.69 Å². The fraction of sp³-hybridized carbons (Fsp3) is 0.391. The normalized spacial score (nSPS) is 23.6. The minimum Gasteiger partial charge on any atom is -0.431 e. The Hall–Kier alpha value is -2.15. The minimum atomic E-state index is 0.0823. The molecule has 2 saturated heterocycles. The van der Waals surface area contributed by atoms with Crippen molar-refractivity contribution >= 4 is 39.1 Å². The Morgan fingerprint density at radius 1 is 1.20 bits per heavy atom. The zero-order valence-electron chi connectivity index (χ0n) is 16.8. The first-order valence-electron chi connectivity index (χ1n) is 10.4. The maximum Gasteiger partial charge on any atom is 0.279 e. The molecular weight excluding hydrogens is 418 g/mol. The van der Waals surface area contributed by atoms with Crippen LogP contribution in [0.25, 0.3) is 10.2 Å². The van der Waals surface area contributed by atoms with Crippen LogP contribution in [0.2, 0.25) is 5.02 Å². The number of nitrogens with one attached hydrogen (secondary N) is 1. The van der Waals surface area contributed by atoms with E-state index in [2.05, 4.69) is 27.3 Å². The Bertz CT molecular complexity index is 1050. The molecule has 2 fully saturated rings. The molecule has 30 heavy (non-hydrogen) atoms. The molecule has 2 aliphatic rings. The number of halogens is 1. The van der Waals surface area contributed by atoms with E-state index in [9.17, 15) is 4.79 Å². The van der Waals surface area contributed by atoms with Crippen LogP contribution in [0.5, 0.6) is 10.9 Å². The molecule has 2 aromatic carbocycles. The smallest absolute Gasteiger partial charge is 0.279 e. The topological polar surface area (TPSA) is 54.5 Å². The number of para-hydroxylation sites is 1. The monoisotopic (exact) mass is 441 g/mol. The second-order valence-corrected chi connectivity index (χ2v) is 9.64. The van der Waals surface area contributed by atoms with Crippen LogP contribution in [0.4, 0.5) is 0 Å². The van der Waals surface area contributed by atoms with Gasteiger partial charge in [-0.2, -0.15) is 0 Å². The SMILES string of the molecule is CC(=O)NC1C[C@H]2CC[C@@H](C1)N2Cc1ccc(Oc2nc3c(Cl)cccc3s2)cc1. The van der Waals surface area contributed by atoms with E-state index in [1.165, 1.54) is 29.7 Å². The van der Waals surface area contributed by atoms with E-state index in [1.54, 1.807) is 6.92 Å². The standard InChI is InChI=1S/C23H24ClN3O2S/c1-14(28)25-16-11-17-7-8-18(12-16)27(17)13-15-5-9-19(10-6-15)29-23-26-22-20(24)3-2-4-21(22)30-23/h2-6,9-10,16-18H,7-8,11-13H2,1H3,(H,25,28)/t16?,17-,18+. The van der Waals surface area contributed by atoms with Crippen LogP contribution in [-0.2, 0) is 11.3 Å². The van der Waals surface area contributed by atoms with Crippen LogP contribution >= 0.6 is 22.9 Å². The van der Waals surface area contributed by atoms with Crippen LogP contribution in [0.3, 0.4) is 0 Å². The number of hydrogen-bond donors (Lipinski definition) is 1. The van der Waals surface area contributed by atoms with E-state index in [0.29, 0.717) is 28.3 Å². The van der Waals surface area contributed by atoms with Crippen molar-refractivity contribution < 1.29 is 9.53 Å². The number of nitrogens with zero attached hydrogens (tertiary/aromatic N) is 2. The van der Waals surface area contributed by atoms with Crippen LogP contribution in [0, 0.1) is 0 Å². The molecule has 0 radical (unpaired) electrons. The molecule has 7 heteroatoms. The van der Waals surface area contributed by atoms with Gasteiger partial charge >= 0.3 is 0 Å². The molecule has 3 heterocycles. The third-order valence-corrected chi connectivity index (χ3v) is 7.34. The third kappa shape index (κ3) is 4.04. The van der Waals surface area contributed by atoms with Gasteiger partial charge in [0.1, 0.15) is 11.3 Å². The lowest BCUT2D eigenvalue weighted by atomic mass is 9.96. The van der Waals surface area contributed by atoms with E-state index in [-0.39, 0.29) is 5.91 Å². The highest BCUT2D eigenvalue weighted by atomic mass is 35.5. The lowest BCUT2D eigenvalue weighted by Crippen LogP contribution is -2.49. The van der Waals surface area contributed by atoms with Gasteiger partial charge in [-0.1, -0.05) is 41.1 Å². The Balaban J connectivity index is 1.23. The van der Waals surface area contributed by atoms with Crippen LogP contribution in [0.1, 0.15) is 38.2 Å². The summed E-state index contributed by atoms with van der Waals surface area (Å²) in [7, 11) is 0. The average molecular weight is 442 g/mol. The van der Waals surface area contributed by atoms with Gasteiger partial charge in [-0.05, 0) is 55.5 Å². The van der Waals surface area contributed by atoms with Gasteiger partial charge in [0.05, 0.1) is 9.72 Å². The zero-order chi connectivity index (χ0) is 20.7. The second kappa shape index (κ2) is 8.17. The summed E-state index contributed by atoms with van der Waals surface area (Å²) in [4.78, 5) is 18.5. The largest absolute Gasteiger partial charge is 0.431 e. The van der Waals surface area contributed by atoms with E-state index in [4.69, 9.17) is 16.3 Å². The summed E-state index contributed by atoms with van der Waals surface area (Å²) >= 11 is 7.71. The number of carbonyl (C=O) groups excluding carboxylic acids is 1. The Kier molecular flexibility index (Phi) is 5.39. The van der Waals surface area contributed by atoms with E-state index >= 15 is 0 Å². The van der Waals surface area contributed by atoms with Gasteiger partial charge in [-0.15, -0.1) is 0 Å². The minimum absolute atomic E-state index is 0.0823. The molecule has 1 aromatic heterocycles. The van der Waals surface area contributed by atoms with Gasteiger partial charge in [0.2, 0.25) is 5.91 Å². The van der Waals surface area contributed by atoms with Crippen molar-refractivity contribution in [3.8, 4) is 10.9 Å². The molecule has 3 aromatic rings. The number of aromatic nitrogens is 1. The van der Waals surface area contributed by atoms with E-state index < -0.39 is 0 Å². The second-order valence-electron chi connectivity index (χ2n) is 8.24. The summed E-state index contributed by atoms with van der Waals surface area (Å²) in [5, 5.41) is 4.36. The highest BCUT2D eigenvalue weighted by molar-refractivity contribution is 7.20. The van der Waals surface area contributed by atoms with Crippen LogP contribution in [-0.4, -0.2) is 33.9 Å². The number of thiazole rings is 1. The molecule has 3 atom stereocenters. The molecule has 5 rings (SSSR count). The lowest BCUT2D eigenvalue weighted by Gasteiger charge is -2.39. The Morgan fingerprint density at radius 2 is 1.93 bits per heavy atom. The summed E-state index contributed by atoms with van der Waals surface area (Å²) in [5.74, 6) is 0.861. The number of amides is 1. The van der Waals surface area contributed by atoms with Crippen LogP contribution in [0.15, 0.2) is 42.5 Å². The number of carbonyl (C=O) groups is 1. The molecule has 0 saturated carbocycles. The number of rotatable bonds is 5. The van der Waals surface area contributed by atoms with E-state index in [1.807, 2.05) is 30.3 Å². The summed E-state index contributed by atoms with van der Waals surface area (Å²) in [6, 6.07) is 15.5. The van der Waals surface area contributed by atoms with Crippen molar-refractivity contribution in [2.24, 2.45) is 0 Å². The van der Waals surface area contributed by atoms with Crippen molar-refractivity contribution in [2.45, 2.75) is 57.3 Å². The van der Waals surface area contributed by atoms with Crippen molar-refractivity contribution in [3.63, 3.8) is 0 Å². The predicted octanol–water partition coefficient (Wildman–Crippen LogP) is 5.37. The van der Waals surface area contributed by atoms with Gasteiger partial charge in [0, 0.05) is 31.6 Å². The summed E-state index contributed by atoms with van der Waals surface area (Å²) in [6.07, 6.45) is 4.55. The Labute approximate surface area is 185 Å². The number of hydrogen-bond acceptors (Lipinski definition) is 5. The molecule has 0 aliphatic carbocycles. The van der Waals surface area contributed by atoms with Crippen molar-refractivity contribution in [1.82, 2.24) is 15.2 Å². The Morgan fingerprint density at radius 3 is 2.60 bits per heavy atom. The van der Waals surface area contributed by atoms with Crippen molar-refractivity contribution in [3.05, 3.63) is 53.1 Å². The molecular formula is C23H24ClN3O2S. The van der Waals surface area contributed by atoms with E-state index in [0.717, 1.165) is 35.4 Å². The number of ether oxygens (including phenoxy) is 1. The molecule has 5 nitrogen and oxygen atoms in total. The maximum atomic E-state index is 11.4. The fourth-order valence-corrected chi connectivity index (χ4v) is 5.99. The zero-order valence-corrected chi connectivity index (χ0v) is 18.4. The quantitative estimate of drug-likeness (QED) is 0.578. The molecule has 2 bridgehead atoms. The van der Waals surface area contributed by atoms with Gasteiger partial charge in [0.25, 0.3) is 5.19 Å². The van der Waals surface area contributed by atoms with Gasteiger partial charge in [-0.25, -0.2) is 4.98 Å². The molecule has 1 amide bonds. The van der Waals surface area contributed by atoms with Crippen LogP contribution < -0.4 is 10.1 Å². The third-order valence-electron chi connectivity index (χ3n) is 6.14. The summed E-state index contributed by atoms with van der Waals surface area (Å²) < 4.78 is 6.98. The highest BCUT2D eigenvalue weighted by Gasteiger charge is 2.40. The number of benzene rings is 2. The fourth-order valence-electron chi connectivity index (χ4n) is 4.85. The lowest BCUT2D eigenvalue weighted by molar-refractivity contribution is -0.120. The molecule has 1 N–H and O–H groups in total. The first kappa shape index (κ1) is 19.8. The highest BCUT2D eigenvalue weighted by Crippen LogP contribution is 2.38.